The second-order valence-corrected chi connectivity index (χ2v) is 8.14. The molecule has 2 amide bonds. The van der Waals surface area contributed by atoms with E-state index in [0.29, 0.717) is 12.0 Å². The first kappa shape index (κ1) is 20.1. The fourth-order valence-corrected chi connectivity index (χ4v) is 4.74. The summed E-state index contributed by atoms with van der Waals surface area (Å²) in [5.41, 5.74) is 0.459. The van der Waals surface area contributed by atoms with Gasteiger partial charge in [-0.3, -0.25) is 10.1 Å². The molecular weight excluding hydrogens is 431 g/mol. The molecule has 0 saturated heterocycles. The second-order valence-electron chi connectivity index (χ2n) is 5.70. The molecule has 0 spiro atoms. The van der Waals surface area contributed by atoms with Crippen molar-refractivity contribution in [2.24, 2.45) is 5.10 Å². The first-order valence-electron chi connectivity index (χ1n) is 7.77. The van der Waals surface area contributed by atoms with E-state index < -0.39 is 31.9 Å². The highest BCUT2D eigenvalue weighted by Gasteiger charge is 2.32. The molecule has 1 heterocycles. The maximum Gasteiger partial charge on any atom is 0.352 e. The molecule has 0 aromatic heterocycles. The van der Waals surface area contributed by atoms with E-state index in [-0.39, 0.29) is 15.7 Å². The number of nitrogens with zero attached hydrogens (tertiary/aromatic N) is 3. The largest absolute Gasteiger partial charge is 0.352 e. The Labute approximate surface area is 169 Å². The van der Waals surface area contributed by atoms with Gasteiger partial charge in [-0.1, -0.05) is 41.4 Å². The lowest BCUT2D eigenvalue weighted by atomic mass is 10.0. The molecule has 1 N–H and O–H groups in total. The van der Waals surface area contributed by atoms with Crippen molar-refractivity contribution in [3.05, 3.63) is 68.2 Å². The number of carbonyl (C=O) groups is 1. The van der Waals surface area contributed by atoms with Gasteiger partial charge in [-0.2, -0.15) is 5.10 Å². The van der Waals surface area contributed by atoms with Crippen LogP contribution in [0.4, 0.5) is 10.5 Å². The van der Waals surface area contributed by atoms with Crippen molar-refractivity contribution < 1.29 is 18.1 Å². The molecule has 0 radical (unpaired) electrons. The summed E-state index contributed by atoms with van der Waals surface area (Å²) >= 11 is 11.8. The third-order valence-electron chi connectivity index (χ3n) is 3.94. The predicted octanol–water partition coefficient (Wildman–Crippen LogP) is 3.73. The van der Waals surface area contributed by atoms with Crippen molar-refractivity contribution in [1.29, 1.82) is 0 Å². The van der Waals surface area contributed by atoms with E-state index in [1.54, 1.807) is 0 Å². The summed E-state index contributed by atoms with van der Waals surface area (Å²) in [4.78, 5) is 22.4. The van der Waals surface area contributed by atoms with Gasteiger partial charge in [0, 0.05) is 24.8 Å². The minimum absolute atomic E-state index is 0.102. The fraction of sp³-hybridized carbons (Fsp3) is 0.125. The van der Waals surface area contributed by atoms with Gasteiger partial charge in [-0.05, 0) is 17.7 Å². The molecule has 1 aliphatic rings. The average Bonchev–Trinajstić information content (AvgIpc) is 3.11. The van der Waals surface area contributed by atoms with Crippen LogP contribution in [0.3, 0.4) is 0 Å². The molecule has 0 saturated carbocycles. The molecule has 1 atom stereocenters. The van der Waals surface area contributed by atoms with Crippen LogP contribution in [-0.4, -0.2) is 30.6 Å². The molecule has 0 aliphatic carbocycles. The summed E-state index contributed by atoms with van der Waals surface area (Å²) in [6, 6.07) is 8.08. The van der Waals surface area contributed by atoms with E-state index >= 15 is 0 Å². The van der Waals surface area contributed by atoms with E-state index in [1.807, 2.05) is 4.72 Å². The van der Waals surface area contributed by atoms with Crippen LogP contribution in [0, 0.1) is 10.1 Å². The third kappa shape index (κ3) is 3.93. The van der Waals surface area contributed by atoms with Crippen LogP contribution in [0.25, 0.3) is 0 Å². The van der Waals surface area contributed by atoms with Crippen LogP contribution in [0.2, 0.25) is 10.0 Å². The highest BCUT2D eigenvalue weighted by Crippen LogP contribution is 2.31. The molecular formula is C16H12Cl2N4O5S. The molecule has 9 nitrogen and oxygen atoms in total. The summed E-state index contributed by atoms with van der Waals surface area (Å²) in [5, 5.41) is 15.4. The number of nitro groups is 1. The summed E-state index contributed by atoms with van der Waals surface area (Å²) < 4.78 is 27.0. The molecule has 12 heteroatoms. The lowest BCUT2D eigenvalue weighted by Crippen LogP contribution is -2.40. The zero-order valence-electron chi connectivity index (χ0n) is 14.0. The molecule has 28 heavy (non-hydrogen) atoms. The van der Waals surface area contributed by atoms with E-state index in [0.717, 1.165) is 5.01 Å². The SMILES string of the molecule is O=C(NS(=O)(=O)c1c(Cl)cccc1Cl)N1N=CCC1c1ccc([N+](=O)[O-])cc1. The van der Waals surface area contributed by atoms with Gasteiger partial charge in [0.15, 0.2) is 0 Å². The Bertz CT molecular complexity index is 1050. The van der Waals surface area contributed by atoms with Crippen molar-refractivity contribution in [2.75, 3.05) is 0 Å². The zero-order valence-corrected chi connectivity index (χ0v) is 16.3. The van der Waals surface area contributed by atoms with Crippen LogP contribution in [0.5, 0.6) is 0 Å². The summed E-state index contributed by atoms with van der Waals surface area (Å²) in [6.07, 6.45) is 1.76. The normalized spacial score (nSPS) is 16.2. The van der Waals surface area contributed by atoms with E-state index in [1.165, 1.54) is 48.7 Å². The minimum Gasteiger partial charge on any atom is -0.258 e. The Morgan fingerprint density at radius 2 is 1.79 bits per heavy atom. The van der Waals surface area contributed by atoms with Crippen LogP contribution < -0.4 is 4.72 Å². The number of rotatable bonds is 4. The smallest absolute Gasteiger partial charge is 0.258 e. The quantitative estimate of drug-likeness (QED) is 0.570. The van der Waals surface area contributed by atoms with Crippen molar-refractivity contribution in [1.82, 2.24) is 9.73 Å². The first-order valence-corrected chi connectivity index (χ1v) is 10.0. The summed E-state index contributed by atoms with van der Waals surface area (Å²) in [5.74, 6) is 0. The number of hydrogen-bond acceptors (Lipinski definition) is 6. The van der Waals surface area contributed by atoms with Crippen LogP contribution in [0.1, 0.15) is 18.0 Å². The number of urea groups is 1. The number of amides is 2. The van der Waals surface area contributed by atoms with Gasteiger partial charge in [0.05, 0.1) is 21.0 Å². The maximum absolute atomic E-state index is 12.5. The molecule has 0 fully saturated rings. The minimum atomic E-state index is -4.35. The molecule has 2 aromatic carbocycles. The standard InChI is InChI=1S/C16H12Cl2N4O5S/c17-12-2-1-3-13(18)15(12)28(26,27)20-16(23)21-14(8-9-19-21)10-4-6-11(7-5-10)22(24)25/h1-7,9,14H,8H2,(H,20,23). The Hall–Kier alpha value is -2.69. The van der Waals surface area contributed by atoms with Crippen LogP contribution in [0.15, 0.2) is 52.5 Å². The number of nitro benzene ring substituents is 1. The second kappa shape index (κ2) is 7.74. The number of hydrazone groups is 1. The third-order valence-corrected chi connectivity index (χ3v) is 6.21. The number of benzene rings is 2. The topological polar surface area (TPSA) is 122 Å². The van der Waals surface area contributed by atoms with Gasteiger partial charge < -0.3 is 0 Å². The first-order chi connectivity index (χ1) is 13.2. The highest BCUT2D eigenvalue weighted by molar-refractivity contribution is 7.90. The lowest BCUT2D eigenvalue weighted by Gasteiger charge is -2.22. The Morgan fingerprint density at radius 3 is 2.36 bits per heavy atom. The number of sulfonamides is 1. The molecule has 1 unspecified atom stereocenters. The number of halogens is 2. The van der Waals surface area contributed by atoms with Crippen LogP contribution in [-0.2, 0) is 10.0 Å². The van der Waals surface area contributed by atoms with Gasteiger partial charge in [0.1, 0.15) is 4.90 Å². The Balaban J connectivity index is 1.83. The van der Waals surface area contributed by atoms with E-state index in [4.69, 9.17) is 23.2 Å². The monoisotopic (exact) mass is 442 g/mol. The van der Waals surface area contributed by atoms with Crippen molar-refractivity contribution in [2.45, 2.75) is 17.4 Å². The summed E-state index contributed by atoms with van der Waals surface area (Å²) in [6.45, 7) is 0. The van der Waals surface area contributed by atoms with Gasteiger partial charge in [-0.15, -0.1) is 0 Å². The lowest BCUT2D eigenvalue weighted by molar-refractivity contribution is -0.384. The number of nitrogens with one attached hydrogen (secondary N) is 1. The van der Waals surface area contributed by atoms with Gasteiger partial charge in [0.2, 0.25) is 0 Å². The number of hydrogen-bond donors (Lipinski definition) is 1. The van der Waals surface area contributed by atoms with Crippen molar-refractivity contribution in [3.63, 3.8) is 0 Å². The van der Waals surface area contributed by atoms with E-state index in [9.17, 15) is 23.3 Å². The Morgan fingerprint density at radius 1 is 1.18 bits per heavy atom. The molecule has 3 rings (SSSR count). The van der Waals surface area contributed by atoms with Crippen molar-refractivity contribution in [3.8, 4) is 0 Å². The molecule has 1 aliphatic heterocycles. The highest BCUT2D eigenvalue weighted by atomic mass is 35.5. The van der Waals surface area contributed by atoms with Crippen LogP contribution >= 0.6 is 23.2 Å². The van der Waals surface area contributed by atoms with Gasteiger partial charge >= 0.3 is 6.03 Å². The molecule has 2 aromatic rings. The van der Waals surface area contributed by atoms with Gasteiger partial charge in [-0.25, -0.2) is 22.9 Å². The molecule has 146 valence electrons. The fourth-order valence-electron chi connectivity index (χ4n) is 2.66. The summed E-state index contributed by atoms with van der Waals surface area (Å²) in [7, 11) is -4.35. The predicted molar refractivity (Wildman–Crippen MR) is 103 cm³/mol. The number of non-ortho nitro benzene ring substituents is 1. The van der Waals surface area contributed by atoms with Crippen molar-refractivity contribution >= 4 is 51.2 Å². The zero-order chi connectivity index (χ0) is 20.5. The maximum atomic E-state index is 12.5. The van der Waals surface area contributed by atoms with E-state index in [2.05, 4.69) is 5.10 Å². The number of carbonyl (C=O) groups excluding carboxylic acids is 1. The Kier molecular flexibility index (Phi) is 5.54. The average molecular weight is 443 g/mol. The van der Waals surface area contributed by atoms with Gasteiger partial charge in [0.25, 0.3) is 15.7 Å². The molecule has 0 bridgehead atoms.